The van der Waals surface area contributed by atoms with Gasteiger partial charge in [-0.3, -0.25) is 20.1 Å². The SMILES string of the molecule is COc1cc(N(C)Cc2cnccn2)c([N+](=O)[O-])cc1F. The maximum Gasteiger partial charge on any atom is 0.295 e. The highest BCUT2D eigenvalue weighted by Crippen LogP contribution is 2.34. The molecule has 0 aliphatic rings. The van der Waals surface area contributed by atoms with E-state index < -0.39 is 10.7 Å². The van der Waals surface area contributed by atoms with Crippen LogP contribution in [0, 0.1) is 15.9 Å². The van der Waals surface area contributed by atoms with Gasteiger partial charge in [0.2, 0.25) is 0 Å². The van der Waals surface area contributed by atoms with Crippen LogP contribution >= 0.6 is 0 Å². The third kappa shape index (κ3) is 3.22. The smallest absolute Gasteiger partial charge is 0.295 e. The number of halogens is 1. The summed E-state index contributed by atoms with van der Waals surface area (Å²) in [5, 5.41) is 11.1. The van der Waals surface area contributed by atoms with Crippen LogP contribution < -0.4 is 9.64 Å². The first-order valence-corrected chi connectivity index (χ1v) is 6.01. The summed E-state index contributed by atoms with van der Waals surface area (Å²) in [5.41, 5.74) is 0.543. The molecule has 2 rings (SSSR count). The van der Waals surface area contributed by atoms with E-state index in [4.69, 9.17) is 4.74 Å². The van der Waals surface area contributed by atoms with Crippen molar-refractivity contribution in [3.8, 4) is 5.75 Å². The second kappa shape index (κ2) is 6.12. The first kappa shape index (κ1) is 14.6. The van der Waals surface area contributed by atoms with Crippen LogP contribution in [0.2, 0.25) is 0 Å². The molecular weight excluding hydrogens is 279 g/mol. The number of hydrogen-bond donors (Lipinski definition) is 0. The standard InChI is InChI=1S/C13H13FN4O3/c1-17(8-9-7-15-3-4-16-9)11-6-13(21-2)10(14)5-12(11)18(19)20/h3-7H,8H2,1-2H3. The highest BCUT2D eigenvalue weighted by molar-refractivity contribution is 5.65. The predicted molar refractivity (Wildman–Crippen MR) is 73.7 cm³/mol. The molecule has 1 heterocycles. The van der Waals surface area contributed by atoms with Crippen LogP contribution in [0.15, 0.2) is 30.7 Å². The molecule has 1 aromatic carbocycles. The van der Waals surface area contributed by atoms with Crippen molar-refractivity contribution in [3.63, 3.8) is 0 Å². The molecule has 0 atom stereocenters. The van der Waals surface area contributed by atoms with Crippen molar-refractivity contribution in [1.82, 2.24) is 9.97 Å². The van der Waals surface area contributed by atoms with Crippen molar-refractivity contribution in [1.29, 1.82) is 0 Å². The third-order valence-electron chi connectivity index (χ3n) is 2.87. The number of nitrogens with zero attached hydrogens (tertiary/aromatic N) is 4. The second-order valence-electron chi connectivity index (χ2n) is 4.29. The van der Waals surface area contributed by atoms with Gasteiger partial charge in [0, 0.05) is 25.5 Å². The lowest BCUT2D eigenvalue weighted by Crippen LogP contribution is -2.19. The number of rotatable bonds is 5. The fraction of sp³-hybridized carbons (Fsp3) is 0.231. The van der Waals surface area contributed by atoms with E-state index >= 15 is 0 Å². The fourth-order valence-corrected chi connectivity index (χ4v) is 1.88. The van der Waals surface area contributed by atoms with Crippen LogP contribution in [-0.4, -0.2) is 29.0 Å². The molecule has 0 saturated carbocycles. The normalized spacial score (nSPS) is 10.2. The van der Waals surface area contributed by atoms with Gasteiger partial charge in [-0.25, -0.2) is 4.39 Å². The molecule has 0 fully saturated rings. The summed E-state index contributed by atoms with van der Waals surface area (Å²) < 4.78 is 18.5. The van der Waals surface area contributed by atoms with Gasteiger partial charge in [0.05, 0.1) is 36.5 Å². The van der Waals surface area contributed by atoms with Crippen molar-refractivity contribution in [3.05, 3.63) is 52.3 Å². The molecule has 0 spiro atoms. The van der Waals surface area contributed by atoms with E-state index in [2.05, 4.69) is 9.97 Å². The zero-order chi connectivity index (χ0) is 15.4. The summed E-state index contributed by atoms with van der Waals surface area (Å²) in [6.07, 6.45) is 4.62. The summed E-state index contributed by atoms with van der Waals surface area (Å²) >= 11 is 0. The Kier molecular flexibility index (Phi) is 4.27. The average molecular weight is 292 g/mol. The zero-order valence-electron chi connectivity index (χ0n) is 11.5. The molecule has 2 aromatic rings. The van der Waals surface area contributed by atoms with E-state index in [-0.39, 0.29) is 17.1 Å². The highest BCUT2D eigenvalue weighted by Gasteiger charge is 2.22. The van der Waals surface area contributed by atoms with Gasteiger partial charge in [-0.2, -0.15) is 0 Å². The monoisotopic (exact) mass is 292 g/mol. The van der Waals surface area contributed by atoms with Crippen LogP contribution in [-0.2, 0) is 6.54 Å². The minimum atomic E-state index is -0.777. The maximum atomic E-state index is 13.6. The second-order valence-corrected chi connectivity index (χ2v) is 4.29. The average Bonchev–Trinajstić information content (AvgIpc) is 2.47. The Labute approximate surface area is 120 Å². The summed E-state index contributed by atoms with van der Waals surface area (Å²) in [5.74, 6) is -0.831. The summed E-state index contributed by atoms with van der Waals surface area (Å²) in [6.45, 7) is 0.295. The number of methoxy groups -OCH3 is 1. The van der Waals surface area contributed by atoms with Gasteiger partial charge in [-0.1, -0.05) is 0 Å². The van der Waals surface area contributed by atoms with Gasteiger partial charge in [0.25, 0.3) is 5.69 Å². The van der Waals surface area contributed by atoms with E-state index in [1.54, 1.807) is 18.1 Å². The lowest BCUT2D eigenvalue weighted by atomic mass is 10.2. The Bertz CT molecular complexity index is 651. The molecule has 7 nitrogen and oxygen atoms in total. The van der Waals surface area contributed by atoms with E-state index in [0.717, 1.165) is 6.07 Å². The van der Waals surface area contributed by atoms with Crippen molar-refractivity contribution < 1.29 is 14.1 Å². The Balaban J connectivity index is 2.38. The number of nitro groups is 1. The number of benzene rings is 1. The van der Waals surface area contributed by atoms with Crippen LogP contribution in [0.25, 0.3) is 0 Å². The summed E-state index contributed by atoms with van der Waals surface area (Å²) in [6, 6.07) is 2.14. The molecule has 8 heteroatoms. The predicted octanol–water partition coefficient (Wildman–Crippen LogP) is 2.17. The molecule has 0 saturated heterocycles. The summed E-state index contributed by atoms with van der Waals surface area (Å²) in [7, 11) is 2.95. The van der Waals surface area contributed by atoms with E-state index in [9.17, 15) is 14.5 Å². The molecule has 0 aliphatic carbocycles. The Morgan fingerprint density at radius 2 is 2.19 bits per heavy atom. The zero-order valence-corrected chi connectivity index (χ0v) is 11.5. The quantitative estimate of drug-likeness (QED) is 0.620. The molecule has 0 unspecified atom stereocenters. The first-order valence-electron chi connectivity index (χ1n) is 6.01. The molecular formula is C13H13FN4O3. The van der Waals surface area contributed by atoms with Gasteiger partial charge in [-0.05, 0) is 0 Å². The van der Waals surface area contributed by atoms with Gasteiger partial charge >= 0.3 is 0 Å². The van der Waals surface area contributed by atoms with Crippen LogP contribution in [0.1, 0.15) is 5.69 Å². The number of nitro benzene ring substituents is 1. The molecule has 0 bridgehead atoms. The molecule has 110 valence electrons. The van der Waals surface area contributed by atoms with Crippen LogP contribution in [0.4, 0.5) is 15.8 Å². The molecule has 1 aromatic heterocycles. The minimum Gasteiger partial charge on any atom is -0.494 e. The minimum absolute atomic E-state index is 0.0541. The van der Waals surface area contributed by atoms with Gasteiger partial charge in [-0.15, -0.1) is 0 Å². The summed E-state index contributed by atoms with van der Waals surface area (Å²) in [4.78, 5) is 20.1. The van der Waals surface area contributed by atoms with Crippen molar-refractivity contribution >= 4 is 11.4 Å². The van der Waals surface area contributed by atoms with Crippen molar-refractivity contribution in [2.45, 2.75) is 6.54 Å². The lowest BCUT2D eigenvalue weighted by Gasteiger charge is -2.19. The molecule has 0 radical (unpaired) electrons. The van der Waals surface area contributed by atoms with E-state index in [0.29, 0.717) is 12.2 Å². The third-order valence-corrected chi connectivity index (χ3v) is 2.87. The Morgan fingerprint density at radius 1 is 1.43 bits per heavy atom. The molecule has 0 aliphatic heterocycles. The van der Waals surface area contributed by atoms with Crippen molar-refractivity contribution in [2.75, 3.05) is 19.1 Å². The van der Waals surface area contributed by atoms with E-state index in [1.165, 1.54) is 25.6 Å². The van der Waals surface area contributed by atoms with Crippen molar-refractivity contribution in [2.24, 2.45) is 0 Å². The number of aromatic nitrogens is 2. The van der Waals surface area contributed by atoms with Gasteiger partial charge < -0.3 is 9.64 Å². The Morgan fingerprint density at radius 3 is 2.76 bits per heavy atom. The maximum absolute atomic E-state index is 13.6. The van der Waals surface area contributed by atoms with Crippen LogP contribution in [0.3, 0.4) is 0 Å². The molecule has 0 N–H and O–H groups in total. The van der Waals surface area contributed by atoms with Gasteiger partial charge in [0.15, 0.2) is 11.6 Å². The molecule has 21 heavy (non-hydrogen) atoms. The van der Waals surface area contributed by atoms with Crippen LogP contribution in [0.5, 0.6) is 5.75 Å². The number of ether oxygens (including phenoxy) is 1. The largest absolute Gasteiger partial charge is 0.494 e. The fourth-order valence-electron chi connectivity index (χ4n) is 1.88. The lowest BCUT2D eigenvalue weighted by molar-refractivity contribution is -0.384. The number of anilines is 1. The highest BCUT2D eigenvalue weighted by atomic mass is 19.1. The van der Waals surface area contributed by atoms with Gasteiger partial charge in [0.1, 0.15) is 5.69 Å². The Hall–Kier alpha value is -2.77. The topological polar surface area (TPSA) is 81.4 Å². The first-order chi connectivity index (χ1) is 10.0. The van der Waals surface area contributed by atoms with E-state index in [1.807, 2.05) is 0 Å². The molecule has 0 amide bonds. The number of hydrogen-bond acceptors (Lipinski definition) is 6.